The normalized spacial score (nSPS) is 28.3. The monoisotopic (exact) mass is 416 g/mol. The maximum Gasteiger partial charge on any atom is 0.321 e. The van der Waals surface area contributed by atoms with Crippen molar-refractivity contribution in [3.63, 3.8) is 0 Å². The fraction of sp³-hybridized carbons (Fsp3) is 0.800. The van der Waals surface area contributed by atoms with E-state index in [1.54, 1.807) is 9.58 Å². The molecule has 2 unspecified atom stereocenters. The summed E-state index contributed by atoms with van der Waals surface area (Å²) in [6, 6.07) is 0. The molecule has 12 heteroatoms. The molecule has 27 heavy (non-hydrogen) atoms. The lowest BCUT2D eigenvalue weighted by Crippen LogP contribution is -2.58. The number of aliphatic carboxylic acids is 1. The van der Waals surface area contributed by atoms with Crippen LogP contribution in [0.5, 0.6) is 0 Å². The zero-order valence-corrected chi connectivity index (χ0v) is 17.1. The minimum atomic E-state index is -1.01. The number of β-lactam (4-membered cyclic amide) rings is 1. The lowest BCUT2D eigenvalue weighted by atomic mass is 9.95. The Balaban J connectivity index is 1.56. The topological polar surface area (TPSA) is 125 Å². The average molecular weight is 417 g/mol. The molecule has 0 bridgehead atoms. The van der Waals surface area contributed by atoms with Crippen LogP contribution in [-0.4, -0.2) is 95.2 Å². The Kier molecular flexibility index (Phi) is 5.99. The molecule has 0 saturated carbocycles. The quantitative estimate of drug-likeness (QED) is 0.322. The second-order valence-corrected chi connectivity index (χ2v) is 9.58. The van der Waals surface area contributed by atoms with E-state index in [2.05, 4.69) is 15.5 Å². The second-order valence-electron chi connectivity index (χ2n) is 7.02. The van der Waals surface area contributed by atoms with Gasteiger partial charge in [0, 0.05) is 12.3 Å². The average Bonchev–Trinajstić information content (AvgIpc) is 3.22. The summed E-state index contributed by atoms with van der Waals surface area (Å²) in [7, 11) is 3.89. The number of carboxylic acid groups (broad SMARTS) is 1. The van der Waals surface area contributed by atoms with Gasteiger partial charge in [-0.1, -0.05) is 11.8 Å². The highest BCUT2D eigenvalue weighted by molar-refractivity contribution is 8.02. The molecular formula is C15H24N6O4S2. The smallest absolute Gasteiger partial charge is 0.321 e. The van der Waals surface area contributed by atoms with Crippen molar-refractivity contribution in [3.05, 3.63) is 0 Å². The first-order chi connectivity index (χ1) is 12.8. The Bertz CT molecular complexity index is 716. The van der Waals surface area contributed by atoms with E-state index >= 15 is 0 Å². The van der Waals surface area contributed by atoms with Crippen LogP contribution in [0.2, 0.25) is 0 Å². The third-order valence-corrected chi connectivity index (χ3v) is 7.93. The molecule has 150 valence electrons. The van der Waals surface area contributed by atoms with Gasteiger partial charge in [-0.3, -0.25) is 14.5 Å². The molecule has 2 fully saturated rings. The van der Waals surface area contributed by atoms with Crippen molar-refractivity contribution in [3.8, 4) is 0 Å². The molecule has 3 rings (SSSR count). The Labute approximate surface area is 165 Å². The number of amides is 1. The predicted octanol–water partition coefficient (Wildman–Crippen LogP) is -0.0275. The van der Waals surface area contributed by atoms with Crippen molar-refractivity contribution in [2.45, 2.75) is 41.2 Å². The summed E-state index contributed by atoms with van der Waals surface area (Å²) < 4.78 is 0.728. The summed E-state index contributed by atoms with van der Waals surface area (Å²) in [5, 5.41) is 31.3. The van der Waals surface area contributed by atoms with Crippen molar-refractivity contribution in [2.24, 2.45) is 5.92 Å². The number of hydrogen-bond donors (Lipinski definition) is 2. The van der Waals surface area contributed by atoms with Crippen LogP contribution in [-0.2, 0) is 9.59 Å². The summed E-state index contributed by atoms with van der Waals surface area (Å²) in [6.07, 6.45) is 1.12. The van der Waals surface area contributed by atoms with Crippen LogP contribution in [0.15, 0.2) is 5.16 Å². The number of carboxylic acids is 1. The Morgan fingerprint density at radius 1 is 1.52 bits per heavy atom. The molecule has 2 aliphatic heterocycles. The molecule has 1 aromatic heterocycles. The van der Waals surface area contributed by atoms with E-state index in [0.29, 0.717) is 23.8 Å². The van der Waals surface area contributed by atoms with Gasteiger partial charge in [-0.2, -0.15) is 0 Å². The summed E-state index contributed by atoms with van der Waals surface area (Å²) in [4.78, 5) is 27.4. The maximum absolute atomic E-state index is 12.0. The molecule has 1 aromatic rings. The number of nitrogens with zero attached hydrogens (tertiary/aromatic N) is 6. The van der Waals surface area contributed by atoms with Gasteiger partial charge >= 0.3 is 5.97 Å². The third kappa shape index (κ3) is 3.67. The zero-order chi connectivity index (χ0) is 19.8. The Morgan fingerprint density at radius 2 is 2.26 bits per heavy atom. The van der Waals surface area contributed by atoms with Crippen LogP contribution in [0.4, 0.5) is 0 Å². The summed E-state index contributed by atoms with van der Waals surface area (Å²) >= 11 is 2.79. The molecule has 1 amide bonds. The number of carbonyl (C=O) groups is 2. The van der Waals surface area contributed by atoms with E-state index in [1.807, 2.05) is 25.9 Å². The predicted molar refractivity (Wildman–Crippen MR) is 100 cm³/mol. The third-order valence-electron chi connectivity index (χ3n) is 5.13. The molecule has 0 aromatic carbocycles. The lowest BCUT2D eigenvalue weighted by molar-refractivity contribution is -0.152. The number of rotatable bonds is 9. The van der Waals surface area contributed by atoms with E-state index < -0.39 is 16.6 Å². The summed E-state index contributed by atoms with van der Waals surface area (Å²) in [5.41, 5.74) is 0. The Hall–Kier alpha value is -1.37. The molecule has 2 aliphatic rings. The van der Waals surface area contributed by atoms with Gasteiger partial charge in [0.1, 0.15) is 10.9 Å². The standard InChI is InChI=1S/C15H24N6O4S2/c1-9(19(2)3)21-14(16-17-18-21)26-6-4-5-15(13(24)25)8-20-11(23)10(7-22)12(20)27-15/h9-10,12,22H,4-8H2,1-3H3,(H,24,25)/t9?,10-,12+,15?/m0/s1. The van der Waals surface area contributed by atoms with Gasteiger partial charge < -0.3 is 15.1 Å². The number of fused-ring (bicyclic) bond motifs is 1. The van der Waals surface area contributed by atoms with Gasteiger partial charge in [-0.15, -0.1) is 16.9 Å². The van der Waals surface area contributed by atoms with Crippen LogP contribution in [0, 0.1) is 5.92 Å². The van der Waals surface area contributed by atoms with Crippen LogP contribution < -0.4 is 0 Å². The van der Waals surface area contributed by atoms with Crippen molar-refractivity contribution in [1.82, 2.24) is 30.0 Å². The molecule has 2 saturated heterocycles. The van der Waals surface area contributed by atoms with E-state index in [-0.39, 0.29) is 30.6 Å². The highest BCUT2D eigenvalue weighted by Crippen LogP contribution is 2.51. The van der Waals surface area contributed by atoms with E-state index in [1.165, 1.54) is 23.5 Å². The molecule has 0 aliphatic carbocycles. The molecule has 0 spiro atoms. The molecule has 3 heterocycles. The van der Waals surface area contributed by atoms with Gasteiger partial charge in [-0.25, -0.2) is 4.68 Å². The number of carbonyl (C=O) groups excluding carboxylic acids is 1. The molecule has 4 atom stereocenters. The van der Waals surface area contributed by atoms with Crippen LogP contribution in [0.1, 0.15) is 25.9 Å². The van der Waals surface area contributed by atoms with Gasteiger partial charge in [0.15, 0.2) is 0 Å². The number of aliphatic hydroxyl groups is 1. The second kappa shape index (κ2) is 7.94. The van der Waals surface area contributed by atoms with Crippen molar-refractivity contribution >= 4 is 35.4 Å². The van der Waals surface area contributed by atoms with Crippen molar-refractivity contribution < 1.29 is 19.8 Å². The number of hydrogen-bond acceptors (Lipinski definition) is 9. The first-order valence-corrected chi connectivity index (χ1v) is 10.6. The SMILES string of the molecule is CC(N(C)C)n1nnnc1SCCCC1(C(=O)O)CN2C(=O)[C@H](CO)[C@H]2S1. The minimum Gasteiger partial charge on any atom is -0.480 e. The van der Waals surface area contributed by atoms with Gasteiger partial charge in [0.25, 0.3) is 0 Å². The molecular weight excluding hydrogens is 392 g/mol. The molecule has 10 nitrogen and oxygen atoms in total. The number of thioether (sulfide) groups is 2. The van der Waals surface area contributed by atoms with E-state index in [9.17, 15) is 19.8 Å². The summed E-state index contributed by atoms with van der Waals surface area (Å²) in [5.74, 6) is -0.840. The lowest BCUT2D eigenvalue weighted by Gasteiger charge is -2.40. The highest BCUT2D eigenvalue weighted by atomic mass is 32.2. The van der Waals surface area contributed by atoms with Crippen LogP contribution in [0.25, 0.3) is 0 Å². The highest BCUT2D eigenvalue weighted by Gasteiger charge is 2.61. The summed E-state index contributed by atoms with van der Waals surface area (Å²) in [6.45, 7) is 1.96. The van der Waals surface area contributed by atoms with Gasteiger partial charge in [0.05, 0.1) is 17.9 Å². The van der Waals surface area contributed by atoms with Gasteiger partial charge in [0.2, 0.25) is 11.1 Å². The number of aromatic nitrogens is 4. The minimum absolute atomic E-state index is 0.0168. The van der Waals surface area contributed by atoms with E-state index in [4.69, 9.17) is 0 Å². The van der Waals surface area contributed by atoms with Crippen LogP contribution >= 0.6 is 23.5 Å². The largest absolute Gasteiger partial charge is 0.480 e. The fourth-order valence-electron chi connectivity index (χ4n) is 3.24. The van der Waals surface area contributed by atoms with Crippen molar-refractivity contribution in [1.29, 1.82) is 0 Å². The first kappa shape index (κ1) is 20.4. The van der Waals surface area contributed by atoms with Crippen LogP contribution in [0.3, 0.4) is 0 Å². The first-order valence-electron chi connectivity index (χ1n) is 8.70. The molecule has 0 radical (unpaired) electrons. The maximum atomic E-state index is 12.0. The van der Waals surface area contributed by atoms with Crippen molar-refractivity contribution in [2.75, 3.05) is 33.0 Å². The number of tetrazole rings is 1. The fourth-order valence-corrected chi connectivity index (χ4v) is 5.84. The zero-order valence-electron chi connectivity index (χ0n) is 15.5. The number of aliphatic hydroxyl groups excluding tert-OH is 1. The van der Waals surface area contributed by atoms with E-state index in [0.717, 1.165) is 0 Å². The molecule has 2 N–H and O–H groups in total. The Morgan fingerprint density at radius 3 is 2.89 bits per heavy atom. The van der Waals surface area contributed by atoms with Gasteiger partial charge in [-0.05, 0) is 44.3 Å².